The summed E-state index contributed by atoms with van der Waals surface area (Å²) in [6.45, 7) is 13.2. The second kappa shape index (κ2) is 16.7. The van der Waals surface area contributed by atoms with Crippen molar-refractivity contribution >= 4 is 11.9 Å². The fraction of sp³-hybridized carbons (Fsp3) is 0.562. The normalized spacial score (nSPS) is 12.7. The van der Waals surface area contributed by atoms with E-state index in [1.165, 1.54) is 0 Å². The fourth-order valence-electron chi connectivity index (χ4n) is 4.47. The first-order valence-corrected chi connectivity index (χ1v) is 14.2. The maximum atomic E-state index is 12.4. The molecule has 0 aliphatic heterocycles. The molecule has 0 heterocycles. The first kappa shape index (κ1) is 31.2. The monoisotopic (exact) mass is 526 g/mol. The molecule has 2 rings (SSSR count). The molecule has 210 valence electrons. The van der Waals surface area contributed by atoms with Crippen LogP contribution in [0.3, 0.4) is 0 Å². The molecule has 0 aromatic heterocycles. The van der Waals surface area contributed by atoms with E-state index in [2.05, 4.69) is 27.7 Å². The van der Waals surface area contributed by atoms with Gasteiger partial charge in [0.05, 0.1) is 23.3 Å². The van der Waals surface area contributed by atoms with E-state index in [1.54, 1.807) is 48.5 Å². The van der Waals surface area contributed by atoms with Crippen LogP contribution in [-0.2, 0) is 9.47 Å². The third kappa shape index (κ3) is 10.8. The summed E-state index contributed by atoms with van der Waals surface area (Å²) < 4.78 is 22.7. The Balaban J connectivity index is 1.72. The minimum absolute atomic E-state index is 0.108. The average molecular weight is 527 g/mol. The Morgan fingerprint density at radius 2 is 0.895 bits per heavy atom. The smallest absolute Gasteiger partial charge is 0.338 e. The lowest BCUT2D eigenvalue weighted by molar-refractivity contribution is 0.0275. The Kier molecular flexibility index (Phi) is 13.7. The zero-order chi connectivity index (χ0) is 27.9. The van der Waals surface area contributed by atoms with Crippen molar-refractivity contribution in [1.82, 2.24) is 0 Å². The van der Waals surface area contributed by atoms with Crippen molar-refractivity contribution in [3.8, 4) is 11.5 Å². The highest BCUT2D eigenvalue weighted by Crippen LogP contribution is 2.20. The summed E-state index contributed by atoms with van der Waals surface area (Å²) in [6, 6.07) is 13.9. The highest BCUT2D eigenvalue weighted by atomic mass is 16.5. The molecule has 2 aromatic rings. The summed E-state index contributed by atoms with van der Waals surface area (Å²) in [5.41, 5.74) is 1.02. The number of benzene rings is 2. The number of carbonyl (C=O) groups excluding carboxylic acids is 2. The van der Waals surface area contributed by atoms with Crippen molar-refractivity contribution in [1.29, 1.82) is 0 Å². The molecular weight excluding hydrogens is 480 g/mol. The van der Waals surface area contributed by atoms with E-state index in [-0.39, 0.29) is 24.1 Å². The minimum Gasteiger partial charge on any atom is -0.490 e. The Labute approximate surface area is 229 Å². The van der Waals surface area contributed by atoms with Crippen LogP contribution in [0.1, 0.15) is 101 Å². The number of hydrogen-bond acceptors (Lipinski definition) is 6. The van der Waals surface area contributed by atoms with E-state index in [9.17, 15) is 9.59 Å². The third-order valence-corrected chi connectivity index (χ3v) is 7.06. The molecule has 0 spiro atoms. The Hall–Kier alpha value is -3.02. The molecule has 38 heavy (non-hydrogen) atoms. The van der Waals surface area contributed by atoms with Gasteiger partial charge in [-0.3, -0.25) is 0 Å². The summed E-state index contributed by atoms with van der Waals surface area (Å²) in [5, 5.41) is 0. The van der Waals surface area contributed by atoms with E-state index in [4.69, 9.17) is 18.9 Å². The van der Waals surface area contributed by atoms with Crippen LogP contribution < -0.4 is 9.47 Å². The van der Waals surface area contributed by atoms with E-state index in [0.717, 1.165) is 38.5 Å². The van der Waals surface area contributed by atoms with Gasteiger partial charge in [0.25, 0.3) is 0 Å². The molecule has 2 aromatic carbocycles. The van der Waals surface area contributed by atoms with Crippen LogP contribution in [0.5, 0.6) is 11.5 Å². The van der Waals surface area contributed by atoms with E-state index in [1.807, 2.05) is 13.8 Å². The van der Waals surface area contributed by atoms with Gasteiger partial charge in [-0.1, -0.05) is 53.4 Å². The molecule has 0 bridgehead atoms. The highest BCUT2D eigenvalue weighted by molar-refractivity contribution is 5.90. The van der Waals surface area contributed by atoms with Crippen molar-refractivity contribution in [2.24, 2.45) is 11.8 Å². The summed E-state index contributed by atoms with van der Waals surface area (Å²) in [6.07, 6.45) is 5.90. The van der Waals surface area contributed by atoms with E-state index < -0.39 is 0 Å². The van der Waals surface area contributed by atoms with Gasteiger partial charge in [-0.15, -0.1) is 0 Å². The number of hydrogen-bond donors (Lipinski definition) is 0. The second-order valence-corrected chi connectivity index (χ2v) is 10.0. The van der Waals surface area contributed by atoms with Crippen LogP contribution in [0.15, 0.2) is 48.5 Å². The van der Waals surface area contributed by atoms with Crippen LogP contribution in [0.25, 0.3) is 0 Å². The van der Waals surface area contributed by atoms with Crippen molar-refractivity contribution < 1.29 is 28.5 Å². The molecule has 2 atom stereocenters. The largest absolute Gasteiger partial charge is 0.490 e. The van der Waals surface area contributed by atoms with Crippen molar-refractivity contribution in [3.63, 3.8) is 0 Å². The van der Waals surface area contributed by atoms with Crippen LogP contribution in [0.2, 0.25) is 0 Å². The van der Waals surface area contributed by atoms with Gasteiger partial charge in [0.2, 0.25) is 0 Å². The van der Waals surface area contributed by atoms with Gasteiger partial charge >= 0.3 is 11.9 Å². The standard InChI is InChI=1S/C32H46O6/c1-7-25(8-2)21-23(5)37-31(33)27-11-15-29(16-12-27)35-19-20-36-30-17-13-28(14-18-30)32(34)38-24(6)22-26(9-3)10-4/h11-18,23-26H,7-10,19-22H2,1-6H3. The first-order valence-electron chi connectivity index (χ1n) is 14.2. The highest BCUT2D eigenvalue weighted by Gasteiger charge is 2.17. The third-order valence-electron chi connectivity index (χ3n) is 7.06. The van der Waals surface area contributed by atoms with Crippen LogP contribution in [0, 0.1) is 11.8 Å². The van der Waals surface area contributed by atoms with Crippen LogP contribution in [0.4, 0.5) is 0 Å². The molecule has 0 aliphatic rings. The molecule has 2 unspecified atom stereocenters. The lowest BCUT2D eigenvalue weighted by atomic mass is 9.97. The minimum atomic E-state index is -0.314. The molecule has 0 radical (unpaired) electrons. The molecule has 0 saturated heterocycles. The Bertz CT molecular complexity index is 865. The predicted octanol–water partition coefficient (Wildman–Crippen LogP) is 7.89. The van der Waals surface area contributed by atoms with Crippen LogP contribution >= 0.6 is 0 Å². The summed E-state index contributed by atoms with van der Waals surface area (Å²) >= 11 is 0. The number of rotatable bonds is 17. The first-order chi connectivity index (χ1) is 18.3. The molecule has 0 aliphatic carbocycles. The number of carbonyl (C=O) groups is 2. The van der Waals surface area contributed by atoms with E-state index in [0.29, 0.717) is 47.7 Å². The number of esters is 2. The van der Waals surface area contributed by atoms with Gasteiger partial charge in [0.15, 0.2) is 0 Å². The number of ether oxygens (including phenoxy) is 4. The van der Waals surface area contributed by atoms with E-state index >= 15 is 0 Å². The lowest BCUT2D eigenvalue weighted by Crippen LogP contribution is -2.18. The average Bonchev–Trinajstić information content (AvgIpc) is 2.93. The second-order valence-electron chi connectivity index (χ2n) is 10.0. The van der Waals surface area contributed by atoms with Crippen LogP contribution in [-0.4, -0.2) is 37.4 Å². The molecule has 0 fully saturated rings. The predicted molar refractivity (Wildman–Crippen MR) is 151 cm³/mol. The van der Waals surface area contributed by atoms with Gasteiger partial charge in [0.1, 0.15) is 24.7 Å². The lowest BCUT2D eigenvalue weighted by Gasteiger charge is -2.19. The summed E-state index contributed by atoms with van der Waals surface area (Å²) in [4.78, 5) is 24.8. The van der Waals surface area contributed by atoms with Crippen molar-refractivity contribution in [2.75, 3.05) is 13.2 Å². The zero-order valence-corrected chi connectivity index (χ0v) is 24.0. The molecular formula is C32H46O6. The van der Waals surface area contributed by atoms with Gasteiger partial charge in [-0.2, -0.15) is 0 Å². The summed E-state index contributed by atoms with van der Waals surface area (Å²) in [5.74, 6) is 1.82. The molecule has 0 saturated carbocycles. The topological polar surface area (TPSA) is 71.1 Å². The van der Waals surface area contributed by atoms with Crippen molar-refractivity contribution in [2.45, 2.75) is 92.3 Å². The molecule has 0 N–H and O–H groups in total. The van der Waals surface area contributed by atoms with Crippen molar-refractivity contribution in [3.05, 3.63) is 59.7 Å². The maximum absolute atomic E-state index is 12.4. The molecule has 6 nitrogen and oxygen atoms in total. The SMILES string of the molecule is CCC(CC)CC(C)OC(=O)c1ccc(OCCOc2ccc(C(=O)OC(C)CC(CC)CC)cc2)cc1. The van der Waals surface area contributed by atoms with Gasteiger partial charge in [0, 0.05) is 0 Å². The van der Waals surface area contributed by atoms with Gasteiger partial charge < -0.3 is 18.9 Å². The molecule has 0 amide bonds. The fourth-order valence-corrected chi connectivity index (χ4v) is 4.47. The molecule has 6 heteroatoms. The Morgan fingerprint density at radius 3 is 1.18 bits per heavy atom. The Morgan fingerprint density at radius 1 is 0.579 bits per heavy atom. The zero-order valence-electron chi connectivity index (χ0n) is 24.0. The van der Waals surface area contributed by atoms with Gasteiger partial charge in [-0.05, 0) is 87.1 Å². The maximum Gasteiger partial charge on any atom is 0.338 e. The summed E-state index contributed by atoms with van der Waals surface area (Å²) in [7, 11) is 0. The van der Waals surface area contributed by atoms with Gasteiger partial charge in [-0.25, -0.2) is 9.59 Å². The quantitative estimate of drug-likeness (QED) is 0.154.